The van der Waals surface area contributed by atoms with Gasteiger partial charge in [0.05, 0.1) is 6.04 Å². The zero-order chi connectivity index (χ0) is 12.1. The highest BCUT2D eigenvalue weighted by atomic mass is 15.0. The maximum atomic E-state index is 4.29. The second-order valence-electron chi connectivity index (χ2n) is 4.14. The topological polar surface area (TPSA) is 37.8 Å². The average molecular weight is 227 g/mol. The molecule has 0 amide bonds. The summed E-state index contributed by atoms with van der Waals surface area (Å²) in [6.07, 6.45) is 4.46. The lowest BCUT2D eigenvalue weighted by Gasteiger charge is -2.14. The van der Waals surface area contributed by atoms with Crippen LogP contribution in [0.2, 0.25) is 0 Å². The van der Waals surface area contributed by atoms with E-state index in [0.717, 1.165) is 12.2 Å². The maximum absolute atomic E-state index is 4.29. The summed E-state index contributed by atoms with van der Waals surface area (Å²) in [5.74, 6) is 0.843. The minimum Gasteiger partial charge on any atom is -0.310 e. The molecule has 3 heteroatoms. The number of nitrogens with zero attached hydrogens (tertiary/aromatic N) is 2. The Kier molecular flexibility index (Phi) is 3.83. The molecule has 0 aliphatic heterocycles. The standard InChI is InChI=1S/C14H17N3/c1-11-4-6-12(7-5-11)10-13(15-2)14-16-8-3-9-17-14/h3-9,13,15H,10H2,1-2H3. The molecule has 2 rings (SSSR count). The van der Waals surface area contributed by atoms with Crippen LogP contribution in [0, 0.1) is 6.92 Å². The van der Waals surface area contributed by atoms with Gasteiger partial charge < -0.3 is 5.32 Å². The summed E-state index contributed by atoms with van der Waals surface area (Å²) < 4.78 is 0. The summed E-state index contributed by atoms with van der Waals surface area (Å²) in [5, 5.41) is 3.26. The van der Waals surface area contributed by atoms with Crippen molar-refractivity contribution in [1.82, 2.24) is 15.3 Å². The van der Waals surface area contributed by atoms with Crippen molar-refractivity contribution in [2.45, 2.75) is 19.4 Å². The van der Waals surface area contributed by atoms with Crippen LogP contribution in [-0.4, -0.2) is 17.0 Å². The van der Waals surface area contributed by atoms with Gasteiger partial charge in [0.15, 0.2) is 0 Å². The van der Waals surface area contributed by atoms with Crippen molar-refractivity contribution < 1.29 is 0 Å². The normalized spacial score (nSPS) is 12.4. The number of aromatic nitrogens is 2. The van der Waals surface area contributed by atoms with Gasteiger partial charge in [-0.15, -0.1) is 0 Å². The molecule has 88 valence electrons. The molecule has 0 aliphatic rings. The highest BCUT2D eigenvalue weighted by molar-refractivity contribution is 5.22. The van der Waals surface area contributed by atoms with Crippen LogP contribution in [0.3, 0.4) is 0 Å². The van der Waals surface area contributed by atoms with Gasteiger partial charge in [-0.05, 0) is 32.0 Å². The van der Waals surface area contributed by atoms with Crippen LogP contribution < -0.4 is 5.32 Å². The molecule has 1 aromatic heterocycles. The van der Waals surface area contributed by atoms with Crippen molar-refractivity contribution in [3.63, 3.8) is 0 Å². The zero-order valence-corrected chi connectivity index (χ0v) is 10.2. The molecule has 0 saturated heterocycles. The molecule has 0 radical (unpaired) electrons. The van der Waals surface area contributed by atoms with E-state index in [2.05, 4.69) is 46.5 Å². The largest absolute Gasteiger partial charge is 0.310 e. The van der Waals surface area contributed by atoms with E-state index >= 15 is 0 Å². The molecule has 0 saturated carbocycles. The summed E-state index contributed by atoms with van der Waals surface area (Å²) in [5.41, 5.74) is 2.58. The Morgan fingerprint density at radius 1 is 1.12 bits per heavy atom. The summed E-state index contributed by atoms with van der Waals surface area (Å²) in [6.45, 7) is 2.10. The highest BCUT2D eigenvalue weighted by Gasteiger charge is 2.12. The van der Waals surface area contributed by atoms with Crippen LogP contribution in [-0.2, 0) is 6.42 Å². The van der Waals surface area contributed by atoms with Gasteiger partial charge in [-0.25, -0.2) is 9.97 Å². The van der Waals surface area contributed by atoms with Crippen LogP contribution in [0.5, 0.6) is 0 Å². The maximum Gasteiger partial charge on any atom is 0.145 e. The van der Waals surface area contributed by atoms with Crippen molar-refractivity contribution in [2.75, 3.05) is 7.05 Å². The molecule has 1 unspecified atom stereocenters. The zero-order valence-electron chi connectivity index (χ0n) is 10.2. The minimum atomic E-state index is 0.166. The third kappa shape index (κ3) is 3.11. The summed E-state index contributed by atoms with van der Waals surface area (Å²) >= 11 is 0. The number of nitrogens with one attached hydrogen (secondary N) is 1. The fraction of sp³-hybridized carbons (Fsp3) is 0.286. The molecule has 1 heterocycles. The number of hydrogen-bond acceptors (Lipinski definition) is 3. The van der Waals surface area contributed by atoms with Gasteiger partial charge in [-0.3, -0.25) is 0 Å². The Hall–Kier alpha value is -1.74. The molecule has 17 heavy (non-hydrogen) atoms. The van der Waals surface area contributed by atoms with Crippen LogP contribution in [0.1, 0.15) is 23.0 Å². The van der Waals surface area contributed by atoms with Gasteiger partial charge in [-0.2, -0.15) is 0 Å². The first-order chi connectivity index (χ1) is 8.29. The molecule has 1 N–H and O–H groups in total. The third-order valence-electron chi connectivity index (χ3n) is 2.81. The lowest BCUT2D eigenvalue weighted by molar-refractivity contribution is 0.557. The van der Waals surface area contributed by atoms with Crippen LogP contribution in [0.25, 0.3) is 0 Å². The number of likely N-dealkylation sites (N-methyl/N-ethyl adjacent to an activating group) is 1. The Morgan fingerprint density at radius 2 is 1.76 bits per heavy atom. The lowest BCUT2D eigenvalue weighted by atomic mass is 10.0. The fourth-order valence-electron chi connectivity index (χ4n) is 1.77. The smallest absolute Gasteiger partial charge is 0.145 e. The lowest BCUT2D eigenvalue weighted by Crippen LogP contribution is -2.21. The van der Waals surface area contributed by atoms with E-state index in [1.165, 1.54) is 11.1 Å². The van der Waals surface area contributed by atoms with E-state index in [4.69, 9.17) is 0 Å². The van der Waals surface area contributed by atoms with Crippen LogP contribution >= 0.6 is 0 Å². The van der Waals surface area contributed by atoms with Gasteiger partial charge in [0, 0.05) is 12.4 Å². The van der Waals surface area contributed by atoms with Crippen LogP contribution in [0.15, 0.2) is 42.7 Å². The molecule has 0 bridgehead atoms. The van der Waals surface area contributed by atoms with Crippen molar-refractivity contribution in [3.05, 3.63) is 59.7 Å². The van der Waals surface area contributed by atoms with E-state index in [1.54, 1.807) is 12.4 Å². The molecule has 0 spiro atoms. The van der Waals surface area contributed by atoms with E-state index in [1.807, 2.05) is 13.1 Å². The predicted octanol–water partition coefficient (Wildman–Crippen LogP) is 2.29. The number of benzene rings is 1. The molecule has 3 nitrogen and oxygen atoms in total. The Bertz CT molecular complexity index is 451. The quantitative estimate of drug-likeness (QED) is 0.870. The number of aryl methyl sites for hydroxylation is 1. The van der Waals surface area contributed by atoms with Crippen molar-refractivity contribution in [2.24, 2.45) is 0 Å². The van der Waals surface area contributed by atoms with Gasteiger partial charge in [0.1, 0.15) is 5.82 Å². The molecule has 0 fully saturated rings. The van der Waals surface area contributed by atoms with Crippen molar-refractivity contribution in [1.29, 1.82) is 0 Å². The molecule has 0 aliphatic carbocycles. The van der Waals surface area contributed by atoms with Crippen molar-refractivity contribution >= 4 is 0 Å². The SMILES string of the molecule is CNC(Cc1ccc(C)cc1)c1ncccn1. The van der Waals surface area contributed by atoms with Gasteiger partial charge in [0.2, 0.25) is 0 Å². The van der Waals surface area contributed by atoms with E-state index < -0.39 is 0 Å². The Balaban J connectivity index is 2.13. The fourth-order valence-corrected chi connectivity index (χ4v) is 1.77. The summed E-state index contributed by atoms with van der Waals surface area (Å²) in [6, 6.07) is 10.6. The van der Waals surface area contributed by atoms with Gasteiger partial charge in [-0.1, -0.05) is 29.8 Å². The Morgan fingerprint density at radius 3 is 2.35 bits per heavy atom. The molecule has 1 aromatic carbocycles. The van der Waals surface area contributed by atoms with Gasteiger partial charge in [0.25, 0.3) is 0 Å². The molecular formula is C14H17N3. The summed E-state index contributed by atoms with van der Waals surface area (Å²) in [7, 11) is 1.94. The highest BCUT2D eigenvalue weighted by Crippen LogP contribution is 2.14. The van der Waals surface area contributed by atoms with E-state index in [9.17, 15) is 0 Å². The molecule has 2 aromatic rings. The second-order valence-corrected chi connectivity index (χ2v) is 4.14. The van der Waals surface area contributed by atoms with Crippen molar-refractivity contribution in [3.8, 4) is 0 Å². The number of hydrogen-bond donors (Lipinski definition) is 1. The first-order valence-corrected chi connectivity index (χ1v) is 5.79. The molecule has 1 atom stereocenters. The average Bonchev–Trinajstić information content (AvgIpc) is 2.39. The molecular weight excluding hydrogens is 210 g/mol. The minimum absolute atomic E-state index is 0.166. The monoisotopic (exact) mass is 227 g/mol. The van der Waals surface area contributed by atoms with Gasteiger partial charge >= 0.3 is 0 Å². The first-order valence-electron chi connectivity index (χ1n) is 5.79. The third-order valence-corrected chi connectivity index (χ3v) is 2.81. The van der Waals surface area contributed by atoms with E-state index in [-0.39, 0.29) is 6.04 Å². The van der Waals surface area contributed by atoms with Crippen LogP contribution in [0.4, 0.5) is 0 Å². The van der Waals surface area contributed by atoms with E-state index in [0.29, 0.717) is 0 Å². The number of rotatable bonds is 4. The first kappa shape index (κ1) is 11.7. The Labute approximate surface area is 102 Å². The second kappa shape index (κ2) is 5.55. The summed E-state index contributed by atoms with van der Waals surface area (Å²) in [4.78, 5) is 8.58. The predicted molar refractivity (Wildman–Crippen MR) is 68.7 cm³/mol.